The number of halogens is 1. The average molecular weight is 451 g/mol. The van der Waals surface area contributed by atoms with Crippen LogP contribution in [0.3, 0.4) is 0 Å². The summed E-state index contributed by atoms with van der Waals surface area (Å²) in [5.41, 5.74) is 1.25. The van der Waals surface area contributed by atoms with Crippen LogP contribution in [0.2, 0.25) is 0 Å². The lowest BCUT2D eigenvalue weighted by Crippen LogP contribution is -2.36. The molecule has 7 heteroatoms. The van der Waals surface area contributed by atoms with Crippen molar-refractivity contribution in [3.63, 3.8) is 0 Å². The summed E-state index contributed by atoms with van der Waals surface area (Å²) in [5.74, 6) is 2.53. The van der Waals surface area contributed by atoms with Crippen LogP contribution >= 0.6 is 24.0 Å². The van der Waals surface area contributed by atoms with E-state index in [1.165, 1.54) is 5.56 Å². The fourth-order valence-electron chi connectivity index (χ4n) is 2.40. The number of furan rings is 1. The molecule has 0 aliphatic heterocycles. The monoisotopic (exact) mass is 451 g/mol. The molecular weight excluding hydrogens is 429 g/mol. The van der Waals surface area contributed by atoms with Gasteiger partial charge in [0.05, 0.1) is 19.4 Å². The molecule has 0 spiro atoms. The summed E-state index contributed by atoms with van der Waals surface area (Å²) < 4.78 is 7.43. The molecule has 0 aliphatic carbocycles. The first kappa shape index (κ1) is 19.0. The number of rotatable bonds is 6. The maximum absolute atomic E-state index is 5.30. The van der Waals surface area contributed by atoms with Crippen LogP contribution in [0, 0.1) is 0 Å². The zero-order chi connectivity index (χ0) is 16.6. The van der Waals surface area contributed by atoms with Gasteiger partial charge in [0.15, 0.2) is 5.96 Å². The van der Waals surface area contributed by atoms with Gasteiger partial charge in [0.1, 0.15) is 11.6 Å². The molecule has 0 aliphatic rings. The Balaban J connectivity index is 0.00000225. The highest BCUT2D eigenvalue weighted by molar-refractivity contribution is 14.0. The highest BCUT2D eigenvalue weighted by atomic mass is 127. The lowest BCUT2D eigenvalue weighted by molar-refractivity contribution is 0.501. The summed E-state index contributed by atoms with van der Waals surface area (Å²) in [7, 11) is 1.74. The van der Waals surface area contributed by atoms with Crippen LogP contribution in [0.5, 0.6) is 0 Å². The van der Waals surface area contributed by atoms with E-state index in [0.29, 0.717) is 19.0 Å². The minimum atomic E-state index is 0. The molecule has 25 heavy (non-hydrogen) atoms. The third-order valence-electron chi connectivity index (χ3n) is 3.65. The number of nitrogens with one attached hydrogen (secondary N) is 2. The summed E-state index contributed by atoms with van der Waals surface area (Å²) in [6, 6.07) is 14.1. The van der Waals surface area contributed by atoms with Gasteiger partial charge < -0.3 is 19.6 Å². The lowest BCUT2D eigenvalue weighted by Gasteiger charge is -2.12. The number of guanidine groups is 1. The predicted molar refractivity (Wildman–Crippen MR) is 109 cm³/mol. The largest absolute Gasteiger partial charge is 0.467 e. The Morgan fingerprint density at radius 1 is 1.12 bits per heavy atom. The first-order chi connectivity index (χ1) is 11.8. The zero-order valence-corrected chi connectivity index (χ0v) is 16.4. The molecule has 0 saturated heterocycles. The van der Waals surface area contributed by atoms with Gasteiger partial charge in [-0.2, -0.15) is 0 Å². The van der Waals surface area contributed by atoms with Crippen molar-refractivity contribution in [1.82, 2.24) is 20.2 Å². The van der Waals surface area contributed by atoms with Crippen LogP contribution in [0.15, 0.2) is 70.5 Å². The molecule has 0 saturated carbocycles. The number of aromatic nitrogens is 2. The van der Waals surface area contributed by atoms with E-state index in [1.807, 2.05) is 42.7 Å². The second kappa shape index (κ2) is 9.87. The lowest BCUT2D eigenvalue weighted by atomic mass is 10.2. The van der Waals surface area contributed by atoms with E-state index in [9.17, 15) is 0 Å². The van der Waals surface area contributed by atoms with Crippen molar-refractivity contribution in [2.45, 2.75) is 19.6 Å². The van der Waals surface area contributed by atoms with Gasteiger partial charge in [0.2, 0.25) is 0 Å². The Bertz CT molecular complexity index is 768. The second-order valence-corrected chi connectivity index (χ2v) is 5.32. The van der Waals surface area contributed by atoms with Gasteiger partial charge in [-0.25, -0.2) is 4.98 Å². The second-order valence-electron chi connectivity index (χ2n) is 5.32. The van der Waals surface area contributed by atoms with Gasteiger partial charge >= 0.3 is 0 Å². The van der Waals surface area contributed by atoms with Crippen molar-refractivity contribution in [2.75, 3.05) is 7.05 Å². The van der Waals surface area contributed by atoms with Gasteiger partial charge in [-0.15, -0.1) is 24.0 Å². The number of hydrogen-bond acceptors (Lipinski definition) is 3. The van der Waals surface area contributed by atoms with Gasteiger partial charge in [0.25, 0.3) is 0 Å². The fourth-order valence-corrected chi connectivity index (χ4v) is 2.40. The van der Waals surface area contributed by atoms with Crippen LogP contribution < -0.4 is 10.6 Å². The number of nitrogens with zero attached hydrogens (tertiary/aromatic N) is 3. The van der Waals surface area contributed by atoms with Crippen LogP contribution in [-0.2, 0) is 19.6 Å². The molecule has 0 amide bonds. The molecular formula is C18H22IN5O. The van der Waals surface area contributed by atoms with Gasteiger partial charge in [-0.3, -0.25) is 4.99 Å². The third-order valence-corrected chi connectivity index (χ3v) is 3.65. The molecule has 0 unspecified atom stereocenters. The van der Waals surface area contributed by atoms with E-state index in [2.05, 4.69) is 37.3 Å². The minimum absolute atomic E-state index is 0. The number of hydrogen-bond donors (Lipinski definition) is 2. The molecule has 2 aromatic heterocycles. The van der Waals surface area contributed by atoms with Gasteiger partial charge in [-0.1, -0.05) is 30.3 Å². The fraction of sp³-hybridized carbons (Fsp3) is 0.222. The van der Waals surface area contributed by atoms with Crippen molar-refractivity contribution in [2.24, 2.45) is 4.99 Å². The predicted octanol–water partition coefficient (Wildman–Crippen LogP) is 3.01. The molecule has 0 bridgehead atoms. The van der Waals surface area contributed by atoms with E-state index >= 15 is 0 Å². The van der Waals surface area contributed by atoms with Crippen molar-refractivity contribution >= 4 is 29.9 Å². The standard InChI is InChI=1S/C18H21N5O.HI/c1-19-18(21-12-16-8-5-11-24-16)22-13-17-20-9-10-23(17)14-15-6-3-2-4-7-15;/h2-11H,12-14H2,1H3,(H2,19,21,22);1H. The average Bonchev–Trinajstić information content (AvgIpc) is 3.28. The Labute approximate surface area is 164 Å². The van der Waals surface area contributed by atoms with Crippen molar-refractivity contribution in [3.05, 3.63) is 78.3 Å². The molecule has 0 atom stereocenters. The highest BCUT2D eigenvalue weighted by Gasteiger charge is 2.05. The van der Waals surface area contributed by atoms with Crippen LogP contribution in [-0.4, -0.2) is 22.6 Å². The van der Waals surface area contributed by atoms with Crippen LogP contribution in [0.1, 0.15) is 17.1 Å². The van der Waals surface area contributed by atoms with Crippen molar-refractivity contribution in [1.29, 1.82) is 0 Å². The minimum Gasteiger partial charge on any atom is -0.467 e. The van der Waals surface area contributed by atoms with Crippen molar-refractivity contribution < 1.29 is 4.42 Å². The van der Waals surface area contributed by atoms with Crippen LogP contribution in [0.25, 0.3) is 0 Å². The Morgan fingerprint density at radius 3 is 2.64 bits per heavy atom. The molecule has 6 nitrogen and oxygen atoms in total. The molecule has 132 valence electrons. The van der Waals surface area contributed by atoms with E-state index < -0.39 is 0 Å². The SMILES string of the molecule is CN=C(NCc1ccco1)NCc1nccn1Cc1ccccc1.I. The van der Waals surface area contributed by atoms with Crippen LogP contribution in [0.4, 0.5) is 0 Å². The molecule has 2 heterocycles. The zero-order valence-electron chi connectivity index (χ0n) is 14.1. The molecule has 3 rings (SSSR count). The Hall–Kier alpha value is -2.29. The van der Waals surface area contributed by atoms with Gasteiger partial charge in [-0.05, 0) is 17.7 Å². The quantitative estimate of drug-likeness (QED) is 0.344. The molecule has 0 radical (unpaired) electrons. The van der Waals surface area contributed by atoms with Gasteiger partial charge in [0, 0.05) is 26.0 Å². The third kappa shape index (κ3) is 5.63. The molecule has 3 aromatic rings. The normalized spacial score (nSPS) is 11.0. The maximum Gasteiger partial charge on any atom is 0.191 e. The summed E-state index contributed by atoms with van der Waals surface area (Å²) in [5, 5.41) is 6.49. The first-order valence-electron chi connectivity index (χ1n) is 7.86. The number of imidazole rings is 1. The Kier molecular flexibility index (Phi) is 7.52. The van der Waals surface area contributed by atoms with E-state index in [1.54, 1.807) is 13.3 Å². The van der Waals surface area contributed by atoms with Crippen molar-refractivity contribution in [3.8, 4) is 0 Å². The van der Waals surface area contributed by atoms with E-state index in [0.717, 1.165) is 18.1 Å². The summed E-state index contributed by atoms with van der Waals surface area (Å²) in [6.07, 6.45) is 5.47. The van der Waals surface area contributed by atoms with E-state index in [4.69, 9.17) is 4.42 Å². The molecule has 2 N–H and O–H groups in total. The summed E-state index contributed by atoms with van der Waals surface area (Å²) in [6.45, 7) is 1.99. The topological polar surface area (TPSA) is 67.4 Å². The molecule has 0 fully saturated rings. The smallest absolute Gasteiger partial charge is 0.191 e. The number of aliphatic imine (C=N–C) groups is 1. The first-order valence-corrected chi connectivity index (χ1v) is 7.86. The van der Waals surface area contributed by atoms with E-state index in [-0.39, 0.29) is 24.0 Å². The summed E-state index contributed by atoms with van der Waals surface area (Å²) in [4.78, 5) is 8.64. The Morgan fingerprint density at radius 2 is 1.92 bits per heavy atom. The summed E-state index contributed by atoms with van der Waals surface area (Å²) >= 11 is 0. The highest BCUT2D eigenvalue weighted by Crippen LogP contribution is 2.05. The maximum atomic E-state index is 5.30. The number of benzene rings is 1. The molecule has 1 aromatic carbocycles.